The molecule has 0 bridgehead atoms. The van der Waals surface area contributed by atoms with Crippen molar-refractivity contribution in [1.29, 1.82) is 0 Å². The van der Waals surface area contributed by atoms with Crippen molar-refractivity contribution in [3.8, 4) is 0 Å². The maximum absolute atomic E-state index is 12.8. The largest absolute Gasteiger partial charge is 0.507 e. The Kier molecular flexibility index (Phi) is 3.84. The van der Waals surface area contributed by atoms with Gasteiger partial charge in [0, 0.05) is 11.6 Å². The molecule has 24 heavy (non-hydrogen) atoms. The lowest BCUT2D eigenvalue weighted by Gasteiger charge is -2.07. The van der Waals surface area contributed by atoms with E-state index in [0.717, 1.165) is 24.3 Å². The van der Waals surface area contributed by atoms with E-state index in [1.54, 1.807) is 30.3 Å². The number of fused-ring (bicyclic) bond motifs is 1. The van der Waals surface area contributed by atoms with Crippen LogP contribution in [0, 0.1) is 0 Å². The first-order valence-corrected chi connectivity index (χ1v) is 6.92. The summed E-state index contributed by atoms with van der Waals surface area (Å²) in [5, 5.41) is 10.0. The number of aliphatic hydroxyl groups excluding tert-OH is 1. The highest BCUT2D eigenvalue weighted by Gasteiger charge is 2.30. The van der Waals surface area contributed by atoms with Crippen LogP contribution in [-0.4, -0.2) is 15.1 Å². The minimum Gasteiger partial charge on any atom is -0.507 e. The molecule has 0 spiro atoms. The third-order valence-electron chi connectivity index (χ3n) is 3.39. The molecule has 7 heteroatoms. The van der Waals surface area contributed by atoms with E-state index in [-0.39, 0.29) is 22.5 Å². The number of benzene rings is 2. The Balaban J connectivity index is 2.11. The lowest BCUT2D eigenvalue weighted by molar-refractivity contribution is -0.137. The average molecular weight is 332 g/mol. The Bertz CT molecular complexity index is 977. The second kappa shape index (κ2) is 5.84. The topological polar surface area (TPSA) is 66.0 Å². The van der Waals surface area contributed by atoms with Crippen molar-refractivity contribution in [3.63, 3.8) is 0 Å². The lowest BCUT2D eigenvalue weighted by Crippen LogP contribution is -2.13. The maximum Gasteiger partial charge on any atom is 0.416 e. The summed E-state index contributed by atoms with van der Waals surface area (Å²) in [5.74, 6) is -0.208. The van der Waals surface area contributed by atoms with E-state index in [0.29, 0.717) is 5.56 Å². The van der Waals surface area contributed by atoms with Gasteiger partial charge in [0.25, 0.3) is 5.56 Å². The summed E-state index contributed by atoms with van der Waals surface area (Å²) in [4.78, 5) is 18.4. The lowest BCUT2D eigenvalue weighted by atomic mass is 10.1. The number of halogens is 3. The fourth-order valence-corrected chi connectivity index (χ4v) is 2.19. The molecule has 0 fully saturated rings. The third-order valence-corrected chi connectivity index (χ3v) is 3.39. The molecule has 0 amide bonds. The Morgan fingerprint density at radius 1 is 1.12 bits per heavy atom. The zero-order chi connectivity index (χ0) is 17.3. The van der Waals surface area contributed by atoms with Gasteiger partial charge in [0.1, 0.15) is 11.5 Å². The second-order valence-corrected chi connectivity index (χ2v) is 5.08. The molecule has 0 atom stereocenters. The van der Waals surface area contributed by atoms with Crippen LogP contribution in [0.15, 0.2) is 53.3 Å². The summed E-state index contributed by atoms with van der Waals surface area (Å²) in [5.41, 5.74) is -1.02. The van der Waals surface area contributed by atoms with Crippen molar-refractivity contribution < 1.29 is 18.3 Å². The molecule has 4 nitrogen and oxygen atoms in total. The monoisotopic (exact) mass is 332 g/mol. The number of aromatic amines is 1. The standard InChI is InChI=1S/C17H11F3N2O2/c18-17(19,20)11-6-7-12-13(8-11)21-14(16(24)22-12)9-15(23)10-4-2-1-3-5-10/h1-9,23H,(H,22,24)/b15-9+. The number of nitrogens with zero attached hydrogens (tertiary/aromatic N) is 1. The van der Waals surface area contributed by atoms with E-state index in [2.05, 4.69) is 9.97 Å². The normalized spacial score (nSPS) is 12.5. The predicted octanol–water partition coefficient (Wildman–Crippen LogP) is 4.00. The molecule has 0 unspecified atom stereocenters. The van der Waals surface area contributed by atoms with Crippen LogP contribution in [-0.2, 0) is 6.18 Å². The highest BCUT2D eigenvalue weighted by Crippen LogP contribution is 2.30. The Morgan fingerprint density at radius 3 is 2.50 bits per heavy atom. The van der Waals surface area contributed by atoms with Crippen LogP contribution in [0.25, 0.3) is 22.9 Å². The molecule has 122 valence electrons. The average Bonchev–Trinajstić information content (AvgIpc) is 2.55. The maximum atomic E-state index is 12.8. The van der Waals surface area contributed by atoms with E-state index < -0.39 is 17.3 Å². The van der Waals surface area contributed by atoms with E-state index in [4.69, 9.17) is 0 Å². The second-order valence-electron chi connectivity index (χ2n) is 5.08. The first-order valence-electron chi connectivity index (χ1n) is 6.92. The van der Waals surface area contributed by atoms with Crippen LogP contribution in [0.2, 0.25) is 0 Å². The summed E-state index contributed by atoms with van der Waals surface area (Å²) in [7, 11) is 0. The van der Waals surface area contributed by atoms with Crippen molar-refractivity contribution in [2.24, 2.45) is 0 Å². The minimum absolute atomic E-state index is 0.0171. The summed E-state index contributed by atoms with van der Waals surface area (Å²) in [6.07, 6.45) is -3.39. The molecule has 1 aromatic heterocycles. The predicted molar refractivity (Wildman–Crippen MR) is 84.3 cm³/mol. The van der Waals surface area contributed by atoms with Gasteiger partial charge in [-0.05, 0) is 18.2 Å². The SMILES string of the molecule is O=c1[nH]c2ccc(C(F)(F)F)cc2nc1/C=C(/O)c1ccccc1. The van der Waals surface area contributed by atoms with Crippen LogP contribution in [0.1, 0.15) is 16.8 Å². The van der Waals surface area contributed by atoms with Gasteiger partial charge in [-0.3, -0.25) is 4.79 Å². The smallest absolute Gasteiger partial charge is 0.416 e. The molecule has 0 saturated carbocycles. The van der Waals surface area contributed by atoms with Crippen molar-refractivity contribution >= 4 is 22.9 Å². The number of hydrogen-bond acceptors (Lipinski definition) is 3. The molecule has 1 heterocycles. The molecule has 2 N–H and O–H groups in total. The molecule has 0 saturated heterocycles. The van der Waals surface area contributed by atoms with E-state index >= 15 is 0 Å². The number of rotatable bonds is 2. The molecule has 0 aliphatic carbocycles. The Labute approximate surface area is 133 Å². The summed E-state index contributed by atoms with van der Waals surface area (Å²) in [6, 6.07) is 11.3. The number of H-pyrrole nitrogens is 1. The van der Waals surface area contributed by atoms with Crippen molar-refractivity contribution in [2.75, 3.05) is 0 Å². The van der Waals surface area contributed by atoms with Crippen LogP contribution in [0.5, 0.6) is 0 Å². The molecular formula is C17H11F3N2O2. The number of nitrogens with one attached hydrogen (secondary N) is 1. The highest BCUT2D eigenvalue weighted by atomic mass is 19.4. The zero-order valence-corrected chi connectivity index (χ0v) is 12.1. The van der Waals surface area contributed by atoms with Crippen LogP contribution < -0.4 is 5.56 Å². The molecule has 3 aromatic rings. The minimum atomic E-state index is -4.51. The van der Waals surface area contributed by atoms with E-state index in [1.807, 2.05) is 0 Å². The van der Waals surface area contributed by atoms with Gasteiger partial charge in [-0.25, -0.2) is 4.98 Å². The van der Waals surface area contributed by atoms with Gasteiger partial charge in [0.15, 0.2) is 0 Å². The quantitative estimate of drug-likeness (QED) is 0.697. The van der Waals surface area contributed by atoms with Gasteiger partial charge in [0.2, 0.25) is 0 Å². The third kappa shape index (κ3) is 3.15. The molecule has 2 aromatic carbocycles. The molecule has 0 radical (unpaired) electrons. The number of aromatic nitrogens is 2. The Hall–Kier alpha value is -3.09. The van der Waals surface area contributed by atoms with Crippen LogP contribution >= 0.6 is 0 Å². The van der Waals surface area contributed by atoms with Crippen LogP contribution in [0.4, 0.5) is 13.2 Å². The van der Waals surface area contributed by atoms with Crippen molar-refractivity contribution in [3.05, 3.63) is 75.7 Å². The fraction of sp³-hybridized carbons (Fsp3) is 0.0588. The Morgan fingerprint density at radius 2 is 1.83 bits per heavy atom. The summed E-state index contributed by atoms with van der Waals surface area (Å²) in [6.45, 7) is 0. The van der Waals surface area contributed by atoms with Gasteiger partial charge in [-0.1, -0.05) is 30.3 Å². The number of aliphatic hydroxyl groups is 1. The fourth-order valence-electron chi connectivity index (χ4n) is 2.19. The first kappa shape index (κ1) is 15.8. The summed E-state index contributed by atoms with van der Waals surface area (Å²) < 4.78 is 38.3. The van der Waals surface area contributed by atoms with Crippen molar-refractivity contribution in [1.82, 2.24) is 9.97 Å². The van der Waals surface area contributed by atoms with Gasteiger partial charge in [-0.2, -0.15) is 13.2 Å². The van der Waals surface area contributed by atoms with Crippen molar-refractivity contribution in [2.45, 2.75) is 6.18 Å². The zero-order valence-electron chi connectivity index (χ0n) is 12.1. The molecule has 3 rings (SSSR count). The number of alkyl halides is 3. The van der Waals surface area contributed by atoms with E-state index in [9.17, 15) is 23.1 Å². The summed E-state index contributed by atoms with van der Waals surface area (Å²) >= 11 is 0. The van der Waals surface area contributed by atoms with Gasteiger partial charge in [-0.15, -0.1) is 0 Å². The van der Waals surface area contributed by atoms with E-state index in [1.165, 1.54) is 0 Å². The number of hydrogen-bond donors (Lipinski definition) is 2. The first-order chi connectivity index (χ1) is 11.3. The molecule has 0 aliphatic rings. The van der Waals surface area contributed by atoms with Crippen LogP contribution in [0.3, 0.4) is 0 Å². The van der Waals surface area contributed by atoms with Gasteiger partial charge in [0.05, 0.1) is 16.6 Å². The van der Waals surface area contributed by atoms with Gasteiger partial charge < -0.3 is 10.1 Å². The molecule has 0 aliphatic heterocycles. The molecular weight excluding hydrogens is 321 g/mol. The van der Waals surface area contributed by atoms with Gasteiger partial charge >= 0.3 is 6.18 Å². The highest BCUT2D eigenvalue weighted by molar-refractivity contribution is 5.79.